The van der Waals surface area contributed by atoms with Crippen molar-refractivity contribution in [2.45, 2.75) is 13.8 Å². The highest BCUT2D eigenvalue weighted by Gasteiger charge is 2.22. The van der Waals surface area contributed by atoms with Crippen LogP contribution >= 0.6 is 0 Å². The molecule has 6 nitrogen and oxygen atoms in total. The van der Waals surface area contributed by atoms with Crippen molar-refractivity contribution in [3.63, 3.8) is 0 Å². The second kappa shape index (κ2) is 12.9. The second-order valence-corrected chi connectivity index (χ2v) is 12.0. The molecule has 6 aromatic carbocycles. The number of pyridine rings is 2. The molecule has 0 radical (unpaired) electrons. The van der Waals surface area contributed by atoms with Gasteiger partial charge in [0, 0.05) is 23.5 Å². The highest BCUT2D eigenvalue weighted by molar-refractivity contribution is 6.30. The van der Waals surface area contributed by atoms with Crippen LogP contribution in [0.25, 0.3) is 77.1 Å². The third kappa shape index (κ3) is 5.31. The first-order valence-electron chi connectivity index (χ1n) is 16.7. The summed E-state index contributed by atoms with van der Waals surface area (Å²) in [5, 5.41) is 6.66. The number of rotatable bonds is 8. The number of ether oxygens (including phenoxy) is 2. The molecule has 8 aromatic rings. The van der Waals surface area contributed by atoms with E-state index in [1.165, 1.54) is 0 Å². The van der Waals surface area contributed by atoms with Gasteiger partial charge >= 0.3 is 11.9 Å². The second-order valence-electron chi connectivity index (χ2n) is 12.0. The van der Waals surface area contributed by atoms with Crippen LogP contribution in [0.1, 0.15) is 34.6 Å². The molecule has 0 amide bonds. The lowest BCUT2D eigenvalue weighted by Gasteiger charge is -2.21. The maximum absolute atomic E-state index is 12.4. The zero-order valence-electron chi connectivity index (χ0n) is 27.6. The molecule has 0 spiro atoms. The van der Waals surface area contributed by atoms with Crippen LogP contribution in [0.15, 0.2) is 134 Å². The van der Waals surface area contributed by atoms with Gasteiger partial charge in [-0.2, -0.15) is 0 Å². The minimum Gasteiger partial charge on any atom is -0.462 e. The summed E-state index contributed by atoms with van der Waals surface area (Å²) in [4.78, 5) is 34.5. The standard InChI is InChI=1S/C44H32N2O4/c1-3-49-43(47)29-15-11-27(12-16-29)35-25-31-19-22-34-40-32(20-21-33(39(31)40)41(35)37-9-5-7-23-45-37)26-36(42(34)38-10-6-8-24-46-38)28-13-17-30(18-14-28)44(48)50-4-2/h5-26H,3-4H2,1-2H3. The number of hydrogen-bond acceptors (Lipinski definition) is 6. The Bertz CT molecular complexity index is 2330. The molecule has 0 fully saturated rings. The summed E-state index contributed by atoms with van der Waals surface area (Å²) in [5.41, 5.74) is 8.81. The Balaban J connectivity index is 1.40. The van der Waals surface area contributed by atoms with E-state index in [0.29, 0.717) is 24.3 Å². The Kier molecular flexibility index (Phi) is 7.97. The third-order valence-corrected chi connectivity index (χ3v) is 9.16. The number of carbonyl (C=O) groups excluding carboxylic acids is 2. The predicted molar refractivity (Wildman–Crippen MR) is 199 cm³/mol. The van der Waals surface area contributed by atoms with Gasteiger partial charge in [-0.25, -0.2) is 9.59 Å². The molecule has 0 N–H and O–H groups in total. The van der Waals surface area contributed by atoms with Crippen molar-refractivity contribution in [2.75, 3.05) is 13.2 Å². The molecule has 242 valence electrons. The van der Waals surface area contributed by atoms with Crippen molar-refractivity contribution in [3.05, 3.63) is 145 Å². The summed E-state index contributed by atoms with van der Waals surface area (Å²) in [6, 6.07) is 40.3. The van der Waals surface area contributed by atoms with E-state index in [1.54, 1.807) is 13.8 Å². The molecule has 6 heteroatoms. The average Bonchev–Trinajstić information content (AvgIpc) is 3.17. The lowest BCUT2D eigenvalue weighted by atomic mass is 9.83. The number of carbonyl (C=O) groups is 2. The van der Waals surface area contributed by atoms with E-state index in [0.717, 1.165) is 77.1 Å². The Labute approximate surface area is 289 Å². The van der Waals surface area contributed by atoms with Gasteiger partial charge in [0.2, 0.25) is 0 Å². The fourth-order valence-corrected chi connectivity index (χ4v) is 6.98. The Morgan fingerprint density at radius 1 is 0.520 bits per heavy atom. The van der Waals surface area contributed by atoms with Crippen molar-refractivity contribution in [1.82, 2.24) is 9.97 Å². The van der Waals surface area contributed by atoms with E-state index >= 15 is 0 Å². The summed E-state index contributed by atoms with van der Waals surface area (Å²) < 4.78 is 10.5. The number of esters is 2. The molecule has 2 aromatic heterocycles. The topological polar surface area (TPSA) is 78.4 Å². The maximum Gasteiger partial charge on any atom is 0.338 e. The molecule has 0 unspecified atom stereocenters. The van der Waals surface area contributed by atoms with Crippen molar-refractivity contribution in [1.29, 1.82) is 0 Å². The van der Waals surface area contributed by atoms with Crippen LogP contribution in [-0.2, 0) is 9.47 Å². The fourth-order valence-electron chi connectivity index (χ4n) is 6.98. The maximum atomic E-state index is 12.4. The van der Waals surface area contributed by atoms with Crippen LogP contribution in [0.5, 0.6) is 0 Å². The van der Waals surface area contributed by atoms with Crippen molar-refractivity contribution < 1.29 is 19.1 Å². The first-order chi connectivity index (χ1) is 24.6. The molecule has 0 atom stereocenters. The van der Waals surface area contributed by atoms with Crippen LogP contribution in [0, 0.1) is 0 Å². The van der Waals surface area contributed by atoms with Gasteiger partial charge < -0.3 is 9.47 Å². The molecular weight excluding hydrogens is 620 g/mol. The number of nitrogens with zero attached hydrogens (tertiary/aromatic N) is 2. The highest BCUT2D eigenvalue weighted by atomic mass is 16.5. The van der Waals surface area contributed by atoms with E-state index < -0.39 is 0 Å². The Hall–Kier alpha value is -6.40. The summed E-state index contributed by atoms with van der Waals surface area (Å²) in [6.45, 7) is 4.26. The van der Waals surface area contributed by atoms with Crippen molar-refractivity contribution in [2.24, 2.45) is 0 Å². The molecule has 0 aliphatic heterocycles. The summed E-state index contributed by atoms with van der Waals surface area (Å²) >= 11 is 0. The number of hydrogen-bond donors (Lipinski definition) is 0. The van der Waals surface area contributed by atoms with Crippen LogP contribution in [0.3, 0.4) is 0 Å². The van der Waals surface area contributed by atoms with E-state index in [-0.39, 0.29) is 11.9 Å². The zero-order valence-corrected chi connectivity index (χ0v) is 27.6. The average molecular weight is 653 g/mol. The van der Waals surface area contributed by atoms with Gasteiger partial charge in [-0.1, -0.05) is 60.7 Å². The first-order valence-corrected chi connectivity index (χ1v) is 16.7. The van der Waals surface area contributed by atoms with E-state index in [9.17, 15) is 9.59 Å². The van der Waals surface area contributed by atoms with Crippen molar-refractivity contribution in [3.8, 4) is 44.8 Å². The van der Waals surface area contributed by atoms with Crippen LogP contribution < -0.4 is 0 Å². The molecule has 8 rings (SSSR count). The van der Waals surface area contributed by atoms with Gasteiger partial charge in [0.15, 0.2) is 0 Å². The normalized spacial score (nSPS) is 11.3. The van der Waals surface area contributed by atoms with Gasteiger partial charge in [-0.15, -0.1) is 0 Å². The molecule has 2 heterocycles. The van der Waals surface area contributed by atoms with E-state index in [1.807, 2.05) is 97.3 Å². The van der Waals surface area contributed by atoms with Gasteiger partial charge in [0.1, 0.15) is 0 Å². The minimum atomic E-state index is -0.336. The molecular formula is C44H32N2O4. The lowest BCUT2D eigenvalue weighted by Crippen LogP contribution is -2.04. The first kappa shape index (κ1) is 30.9. The largest absolute Gasteiger partial charge is 0.462 e. The lowest BCUT2D eigenvalue weighted by molar-refractivity contribution is 0.0517. The van der Waals surface area contributed by atoms with Gasteiger partial charge in [-0.05, 0) is 129 Å². The SMILES string of the molecule is CCOC(=O)c1ccc(-c2cc3ccc4c(-c5ccccn5)c(-c5ccc(C(=O)OCC)cc5)cc5ccc(c2-c2ccccn2)c3c54)cc1. The van der Waals surface area contributed by atoms with Crippen LogP contribution in [0.2, 0.25) is 0 Å². The number of aromatic nitrogens is 2. The monoisotopic (exact) mass is 652 g/mol. The van der Waals surface area contributed by atoms with Crippen molar-refractivity contribution >= 4 is 44.3 Å². The van der Waals surface area contributed by atoms with Gasteiger partial charge in [-0.3, -0.25) is 9.97 Å². The van der Waals surface area contributed by atoms with E-state index in [2.05, 4.69) is 36.4 Å². The van der Waals surface area contributed by atoms with Crippen LogP contribution in [0.4, 0.5) is 0 Å². The van der Waals surface area contributed by atoms with Gasteiger partial charge in [0.05, 0.1) is 35.7 Å². The summed E-state index contributed by atoms with van der Waals surface area (Å²) in [6.07, 6.45) is 3.64. The minimum absolute atomic E-state index is 0.325. The quantitative estimate of drug-likeness (QED) is 0.120. The molecule has 0 bridgehead atoms. The highest BCUT2D eigenvalue weighted by Crippen LogP contribution is 2.48. The number of benzene rings is 6. The Morgan fingerprint density at radius 3 is 1.30 bits per heavy atom. The molecule has 50 heavy (non-hydrogen) atoms. The molecule has 0 aliphatic rings. The molecule has 0 aliphatic carbocycles. The summed E-state index contributed by atoms with van der Waals surface area (Å²) in [5.74, 6) is -0.671. The van der Waals surface area contributed by atoms with E-state index in [4.69, 9.17) is 19.4 Å². The molecule has 0 saturated heterocycles. The molecule has 0 saturated carbocycles. The fraction of sp³-hybridized carbons (Fsp3) is 0.0909. The Morgan fingerprint density at radius 2 is 0.940 bits per heavy atom. The van der Waals surface area contributed by atoms with Crippen LogP contribution in [-0.4, -0.2) is 35.1 Å². The zero-order chi connectivity index (χ0) is 34.2. The summed E-state index contributed by atoms with van der Waals surface area (Å²) in [7, 11) is 0. The third-order valence-electron chi connectivity index (χ3n) is 9.16. The smallest absolute Gasteiger partial charge is 0.338 e. The predicted octanol–water partition coefficient (Wildman–Crippen LogP) is 10.4. The van der Waals surface area contributed by atoms with Gasteiger partial charge in [0.25, 0.3) is 0 Å².